The molecular weight excluding hydrogens is 258 g/mol. The van der Waals surface area contributed by atoms with Gasteiger partial charge in [-0.25, -0.2) is 0 Å². The van der Waals surface area contributed by atoms with Gasteiger partial charge in [0.25, 0.3) is 0 Å². The Kier molecular flexibility index (Phi) is 3.96. The Morgan fingerprint density at radius 2 is 2.40 bits per heavy atom. The molecule has 1 aromatic rings. The normalized spacial score (nSPS) is 26.1. The smallest absolute Gasteiger partial charge is 0.233 e. The molecule has 0 radical (unpaired) electrons. The Bertz CT molecular complexity index is 517. The summed E-state index contributed by atoms with van der Waals surface area (Å²) in [6, 6.07) is 1.91. The van der Waals surface area contributed by atoms with Crippen LogP contribution in [-0.4, -0.2) is 33.3 Å². The first-order valence-electron chi connectivity index (χ1n) is 6.73. The van der Waals surface area contributed by atoms with Gasteiger partial charge in [0, 0.05) is 26.2 Å². The molecule has 1 heterocycles. The van der Waals surface area contributed by atoms with E-state index in [1.807, 2.05) is 26.2 Å². The van der Waals surface area contributed by atoms with Crippen molar-refractivity contribution in [1.82, 2.24) is 15.1 Å². The molecule has 0 bridgehead atoms. The number of carbonyl (C=O) groups excluding carboxylic acids is 1. The van der Waals surface area contributed by atoms with Gasteiger partial charge in [0.1, 0.15) is 5.41 Å². The van der Waals surface area contributed by atoms with E-state index in [4.69, 9.17) is 10.9 Å². The Hall–Kier alpha value is -2.05. The van der Waals surface area contributed by atoms with Gasteiger partial charge in [-0.2, -0.15) is 5.10 Å². The zero-order valence-electron chi connectivity index (χ0n) is 11.8. The predicted octanol–water partition coefficient (Wildman–Crippen LogP) is 0.242. The Morgan fingerprint density at radius 1 is 1.70 bits per heavy atom. The van der Waals surface area contributed by atoms with Crippen LogP contribution in [0.2, 0.25) is 0 Å². The maximum absolute atomic E-state index is 12.3. The third-order valence-corrected chi connectivity index (χ3v) is 3.86. The standard InChI is InChI=1S/C13H21N5O2/c1-9-7-13(8-9,11(14)17-20)12(19)15-5-3-10-4-6-18(2)16-10/h4,6,9,20H,3,5,7-8H2,1-2H3,(H2,14,17)(H,15,19). The van der Waals surface area contributed by atoms with Crippen LogP contribution in [0.5, 0.6) is 0 Å². The molecule has 2 rings (SSSR count). The summed E-state index contributed by atoms with van der Waals surface area (Å²) < 4.78 is 1.72. The van der Waals surface area contributed by atoms with Crippen LogP contribution in [0.3, 0.4) is 0 Å². The fraction of sp³-hybridized carbons (Fsp3) is 0.615. The molecule has 1 aromatic heterocycles. The molecule has 0 saturated heterocycles. The van der Waals surface area contributed by atoms with E-state index in [9.17, 15) is 4.79 Å². The zero-order valence-corrected chi connectivity index (χ0v) is 11.8. The number of aryl methyl sites for hydroxylation is 1. The summed E-state index contributed by atoms with van der Waals surface area (Å²) in [5.41, 5.74) is 5.77. The van der Waals surface area contributed by atoms with Crippen molar-refractivity contribution in [2.45, 2.75) is 26.2 Å². The Morgan fingerprint density at radius 3 is 2.90 bits per heavy atom. The molecule has 7 heteroatoms. The van der Waals surface area contributed by atoms with Crippen molar-refractivity contribution in [3.8, 4) is 0 Å². The fourth-order valence-corrected chi connectivity index (χ4v) is 2.81. The van der Waals surface area contributed by atoms with E-state index in [-0.39, 0.29) is 11.7 Å². The number of amidine groups is 1. The van der Waals surface area contributed by atoms with E-state index in [1.165, 1.54) is 0 Å². The van der Waals surface area contributed by atoms with Crippen LogP contribution >= 0.6 is 0 Å². The number of nitrogens with two attached hydrogens (primary N) is 1. The Labute approximate surface area is 117 Å². The molecule has 1 aliphatic rings. The molecular formula is C13H21N5O2. The first-order chi connectivity index (χ1) is 9.48. The highest BCUT2D eigenvalue weighted by Gasteiger charge is 2.51. The number of nitrogens with one attached hydrogen (secondary N) is 1. The largest absolute Gasteiger partial charge is 0.409 e. The summed E-state index contributed by atoms with van der Waals surface area (Å²) in [5.74, 6) is 0.254. The van der Waals surface area contributed by atoms with Crippen molar-refractivity contribution in [1.29, 1.82) is 0 Å². The lowest BCUT2D eigenvalue weighted by atomic mass is 9.61. The number of nitrogens with zero attached hydrogens (tertiary/aromatic N) is 3. The molecule has 1 saturated carbocycles. The number of carbonyl (C=O) groups is 1. The van der Waals surface area contributed by atoms with E-state index in [1.54, 1.807) is 4.68 Å². The molecule has 4 N–H and O–H groups in total. The Balaban J connectivity index is 1.90. The van der Waals surface area contributed by atoms with Crippen molar-refractivity contribution in [2.75, 3.05) is 6.54 Å². The first kappa shape index (κ1) is 14.4. The van der Waals surface area contributed by atoms with Gasteiger partial charge >= 0.3 is 0 Å². The lowest BCUT2D eigenvalue weighted by molar-refractivity contribution is -0.133. The summed E-state index contributed by atoms with van der Waals surface area (Å²) in [7, 11) is 1.85. The predicted molar refractivity (Wildman–Crippen MR) is 74.2 cm³/mol. The summed E-state index contributed by atoms with van der Waals surface area (Å²) in [5, 5.41) is 19.0. The van der Waals surface area contributed by atoms with Gasteiger partial charge in [0.05, 0.1) is 5.69 Å². The maximum Gasteiger partial charge on any atom is 0.233 e. The highest BCUT2D eigenvalue weighted by Crippen LogP contribution is 2.45. The first-order valence-corrected chi connectivity index (χ1v) is 6.73. The van der Waals surface area contributed by atoms with Gasteiger partial charge < -0.3 is 16.3 Å². The van der Waals surface area contributed by atoms with Crippen LogP contribution in [0.1, 0.15) is 25.5 Å². The average Bonchev–Trinajstić information content (AvgIpc) is 2.79. The molecule has 0 unspecified atom stereocenters. The van der Waals surface area contributed by atoms with Crippen LogP contribution < -0.4 is 11.1 Å². The molecule has 1 amide bonds. The minimum absolute atomic E-state index is 0.00550. The number of aromatic nitrogens is 2. The van der Waals surface area contributed by atoms with E-state index in [0.717, 1.165) is 5.69 Å². The number of amides is 1. The van der Waals surface area contributed by atoms with Crippen LogP contribution in [0.15, 0.2) is 17.4 Å². The monoisotopic (exact) mass is 279 g/mol. The molecule has 1 aliphatic carbocycles. The second kappa shape index (κ2) is 5.52. The fourth-order valence-electron chi connectivity index (χ4n) is 2.81. The maximum atomic E-state index is 12.3. The van der Waals surface area contributed by atoms with Gasteiger partial charge in [-0.05, 0) is 24.8 Å². The van der Waals surface area contributed by atoms with E-state index < -0.39 is 5.41 Å². The highest BCUT2D eigenvalue weighted by molar-refractivity contribution is 6.07. The van der Waals surface area contributed by atoms with Crippen LogP contribution in [0.25, 0.3) is 0 Å². The SMILES string of the molecule is CC1CC(C(=O)NCCc2ccn(C)n2)(/C(N)=N/O)C1. The summed E-state index contributed by atoms with van der Waals surface area (Å²) in [6.07, 6.45) is 3.77. The van der Waals surface area contributed by atoms with Crippen LogP contribution in [0, 0.1) is 11.3 Å². The van der Waals surface area contributed by atoms with Crippen molar-refractivity contribution in [3.63, 3.8) is 0 Å². The average molecular weight is 279 g/mol. The van der Waals surface area contributed by atoms with Gasteiger partial charge in [0.2, 0.25) is 5.91 Å². The zero-order chi connectivity index (χ0) is 14.8. The van der Waals surface area contributed by atoms with Gasteiger partial charge in [0.15, 0.2) is 5.84 Å². The number of hydrogen-bond acceptors (Lipinski definition) is 4. The lowest BCUT2D eigenvalue weighted by Crippen LogP contribution is -2.57. The third kappa shape index (κ3) is 2.61. The number of rotatable bonds is 5. The number of hydrogen-bond donors (Lipinski definition) is 3. The van der Waals surface area contributed by atoms with Crippen molar-refractivity contribution in [2.24, 2.45) is 29.3 Å². The lowest BCUT2D eigenvalue weighted by Gasteiger charge is -2.43. The molecule has 20 heavy (non-hydrogen) atoms. The highest BCUT2D eigenvalue weighted by atomic mass is 16.4. The van der Waals surface area contributed by atoms with E-state index in [0.29, 0.717) is 31.7 Å². The molecule has 110 valence electrons. The molecule has 0 aromatic carbocycles. The molecule has 0 aliphatic heterocycles. The molecule has 7 nitrogen and oxygen atoms in total. The van der Waals surface area contributed by atoms with Crippen molar-refractivity contribution < 1.29 is 10.0 Å². The van der Waals surface area contributed by atoms with E-state index in [2.05, 4.69) is 15.6 Å². The molecule has 0 atom stereocenters. The second-order valence-corrected chi connectivity index (χ2v) is 5.57. The minimum Gasteiger partial charge on any atom is -0.409 e. The topological polar surface area (TPSA) is 106 Å². The minimum atomic E-state index is -0.835. The van der Waals surface area contributed by atoms with Gasteiger partial charge in [-0.1, -0.05) is 12.1 Å². The molecule has 0 spiro atoms. The van der Waals surface area contributed by atoms with Crippen molar-refractivity contribution >= 4 is 11.7 Å². The van der Waals surface area contributed by atoms with Crippen LogP contribution in [-0.2, 0) is 18.3 Å². The van der Waals surface area contributed by atoms with Gasteiger partial charge in [-0.3, -0.25) is 9.48 Å². The summed E-state index contributed by atoms with van der Waals surface area (Å²) in [4.78, 5) is 12.3. The second-order valence-electron chi connectivity index (χ2n) is 5.57. The number of oxime groups is 1. The molecule has 1 fully saturated rings. The van der Waals surface area contributed by atoms with E-state index >= 15 is 0 Å². The summed E-state index contributed by atoms with van der Waals surface area (Å²) >= 11 is 0. The third-order valence-electron chi connectivity index (χ3n) is 3.86. The quantitative estimate of drug-likeness (QED) is 0.311. The van der Waals surface area contributed by atoms with Crippen molar-refractivity contribution in [3.05, 3.63) is 18.0 Å². The van der Waals surface area contributed by atoms with Crippen LogP contribution in [0.4, 0.5) is 0 Å². The summed E-state index contributed by atoms with van der Waals surface area (Å²) in [6.45, 7) is 2.54. The van der Waals surface area contributed by atoms with Gasteiger partial charge in [-0.15, -0.1) is 0 Å².